The molecule has 1 fully saturated rings. The van der Waals surface area contributed by atoms with Crippen LogP contribution < -0.4 is 10.1 Å². The average Bonchev–Trinajstić information content (AvgIpc) is 2.85. The summed E-state index contributed by atoms with van der Waals surface area (Å²) in [5, 5.41) is 2.71. The average molecular weight is 341 g/mol. The van der Waals surface area contributed by atoms with Gasteiger partial charge in [0.2, 0.25) is 0 Å². The summed E-state index contributed by atoms with van der Waals surface area (Å²) >= 11 is 0. The molecular weight excluding hydrogens is 322 g/mol. The zero-order valence-electron chi connectivity index (χ0n) is 12.9. The topological polar surface area (TPSA) is 98.8 Å². The van der Waals surface area contributed by atoms with Gasteiger partial charge in [0.15, 0.2) is 15.9 Å². The largest absolute Gasteiger partial charge is 0.479 e. The fourth-order valence-electron chi connectivity index (χ4n) is 2.28. The van der Waals surface area contributed by atoms with Crippen molar-refractivity contribution in [2.45, 2.75) is 25.5 Å². The molecule has 0 radical (unpaired) electrons. The lowest BCUT2D eigenvalue weighted by molar-refractivity contribution is -0.147. The van der Waals surface area contributed by atoms with E-state index in [-0.39, 0.29) is 23.5 Å². The molecule has 1 aliphatic heterocycles. The van der Waals surface area contributed by atoms with Crippen LogP contribution in [0.3, 0.4) is 0 Å². The summed E-state index contributed by atoms with van der Waals surface area (Å²) in [6.07, 6.45) is -0.310. The minimum Gasteiger partial charge on any atom is -0.479 e. The Hall–Kier alpha value is -2.09. The monoisotopic (exact) mass is 341 g/mol. The zero-order chi connectivity index (χ0) is 17.0. The van der Waals surface area contributed by atoms with Crippen molar-refractivity contribution >= 4 is 21.7 Å². The summed E-state index contributed by atoms with van der Waals surface area (Å²) in [4.78, 5) is 23.4. The van der Waals surface area contributed by atoms with Crippen LogP contribution in [0.15, 0.2) is 24.3 Å². The first-order valence-electron chi connectivity index (χ1n) is 7.16. The SMILES string of the molecule is COC(=O)C(C)Oc1ccc(C(=O)NC2CCS(=O)(=O)C2)cc1. The maximum Gasteiger partial charge on any atom is 0.346 e. The first kappa shape index (κ1) is 17.3. The predicted molar refractivity (Wildman–Crippen MR) is 83.1 cm³/mol. The molecule has 1 amide bonds. The number of carbonyl (C=O) groups is 2. The van der Waals surface area contributed by atoms with E-state index in [9.17, 15) is 18.0 Å². The van der Waals surface area contributed by atoms with Crippen molar-refractivity contribution in [3.63, 3.8) is 0 Å². The fraction of sp³-hybridized carbons (Fsp3) is 0.467. The number of ether oxygens (including phenoxy) is 2. The van der Waals surface area contributed by atoms with Crippen molar-refractivity contribution in [3.05, 3.63) is 29.8 Å². The summed E-state index contributed by atoms with van der Waals surface area (Å²) in [6, 6.07) is 5.90. The van der Waals surface area contributed by atoms with Gasteiger partial charge < -0.3 is 14.8 Å². The van der Waals surface area contributed by atoms with Gasteiger partial charge in [0.05, 0.1) is 18.6 Å². The van der Waals surface area contributed by atoms with E-state index in [2.05, 4.69) is 10.1 Å². The Kier molecular flexibility index (Phi) is 5.25. The molecule has 7 nitrogen and oxygen atoms in total. The number of esters is 1. The van der Waals surface area contributed by atoms with Gasteiger partial charge >= 0.3 is 5.97 Å². The van der Waals surface area contributed by atoms with Crippen molar-refractivity contribution in [3.8, 4) is 5.75 Å². The van der Waals surface area contributed by atoms with E-state index in [4.69, 9.17) is 4.74 Å². The molecule has 0 saturated carbocycles. The van der Waals surface area contributed by atoms with E-state index < -0.39 is 21.9 Å². The molecule has 1 aliphatic rings. The molecule has 8 heteroatoms. The van der Waals surface area contributed by atoms with Crippen molar-refractivity contribution in [2.75, 3.05) is 18.6 Å². The fourth-order valence-corrected chi connectivity index (χ4v) is 3.95. The van der Waals surface area contributed by atoms with Gasteiger partial charge in [-0.05, 0) is 37.6 Å². The second kappa shape index (κ2) is 6.99. The van der Waals surface area contributed by atoms with Crippen LogP contribution in [0.4, 0.5) is 0 Å². The molecule has 1 N–H and O–H groups in total. The van der Waals surface area contributed by atoms with Crippen LogP contribution in [0.2, 0.25) is 0 Å². The third kappa shape index (κ3) is 4.69. The quantitative estimate of drug-likeness (QED) is 0.785. The second-order valence-electron chi connectivity index (χ2n) is 5.38. The van der Waals surface area contributed by atoms with E-state index in [1.165, 1.54) is 7.11 Å². The van der Waals surface area contributed by atoms with Gasteiger partial charge in [0.1, 0.15) is 5.75 Å². The Morgan fingerprint density at radius 1 is 1.26 bits per heavy atom. The first-order valence-corrected chi connectivity index (χ1v) is 8.99. The molecule has 1 aromatic carbocycles. The minimum atomic E-state index is -3.03. The molecule has 1 saturated heterocycles. The van der Waals surface area contributed by atoms with E-state index in [1.807, 2.05) is 0 Å². The molecule has 126 valence electrons. The summed E-state index contributed by atoms with van der Waals surface area (Å²) in [5.41, 5.74) is 0.396. The number of hydrogen-bond donors (Lipinski definition) is 1. The summed E-state index contributed by atoms with van der Waals surface area (Å²) < 4.78 is 32.7. The predicted octanol–water partition coefficient (Wildman–Crippen LogP) is 0.544. The Balaban J connectivity index is 1.94. The number of amides is 1. The van der Waals surface area contributed by atoms with Crippen LogP contribution in [0, 0.1) is 0 Å². The maximum absolute atomic E-state index is 12.1. The van der Waals surface area contributed by atoms with Crippen LogP contribution >= 0.6 is 0 Å². The highest BCUT2D eigenvalue weighted by Gasteiger charge is 2.29. The highest BCUT2D eigenvalue weighted by atomic mass is 32.2. The van der Waals surface area contributed by atoms with Gasteiger partial charge in [-0.1, -0.05) is 0 Å². The van der Waals surface area contributed by atoms with Crippen molar-refractivity contribution in [1.82, 2.24) is 5.32 Å². The van der Waals surface area contributed by atoms with Crippen molar-refractivity contribution in [1.29, 1.82) is 0 Å². The standard InChI is InChI=1S/C15H19NO6S/c1-10(15(18)21-2)22-13-5-3-11(4-6-13)14(17)16-12-7-8-23(19,20)9-12/h3-6,10,12H,7-9H2,1-2H3,(H,16,17). The smallest absolute Gasteiger partial charge is 0.346 e. The third-order valence-electron chi connectivity index (χ3n) is 3.53. The van der Waals surface area contributed by atoms with Crippen LogP contribution in [0.1, 0.15) is 23.7 Å². The molecule has 0 aliphatic carbocycles. The second-order valence-corrected chi connectivity index (χ2v) is 7.61. The highest BCUT2D eigenvalue weighted by Crippen LogP contribution is 2.16. The number of benzene rings is 1. The summed E-state index contributed by atoms with van der Waals surface area (Å²) in [6.45, 7) is 1.56. The molecule has 0 aromatic heterocycles. The maximum atomic E-state index is 12.1. The van der Waals surface area contributed by atoms with Crippen LogP contribution in [0.25, 0.3) is 0 Å². The molecular formula is C15H19NO6S. The summed E-state index contributed by atoms with van der Waals surface area (Å²) in [7, 11) is -1.76. The van der Waals surface area contributed by atoms with Gasteiger partial charge in [-0.3, -0.25) is 4.79 Å². The van der Waals surface area contributed by atoms with Gasteiger partial charge in [0, 0.05) is 11.6 Å². The Bertz CT molecular complexity index is 682. The van der Waals surface area contributed by atoms with Crippen molar-refractivity contribution in [2.24, 2.45) is 0 Å². The molecule has 2 rings (SSSR count). The number of methoxy groups -OCH3 is 1. The Morgan fingerprint density at radius 2 is 1.91 bits per heavy atom. The molecule has 1 aromatic rings. The normalized spacial score (nSPS) is 20.5. The Labute approximate surface area is 134 Å². The van der Waals surface area contributed by atoms with Gasteiger partial charge in [-0.25, -0.2) is 13.2 Å². The third-order valence-corrected chi connectivity index (χ3v) is 5.30. The molecule has 2 atom stereocenters. The van der Waals surface area contributed by atoms with Crippen LogP contribution in [-0.4, -0.2) is 51.1 Å². The lowest BCUT2D eigenvalue weighted by atomic mass is 10.2. The van der Waals surface area contributed by atoms with E-state index >= 15 is 0 Å². The lowest BCUT2D eigenvalue weighted by Gasteiger charge is -2.13. The highest BCUT2D eigenvalue weighted by molar-refractivity contribution is 7.91. The van der Waals surface area contributed by atoms with E-state index in [0.29, 0.717) is 17.7 Å². The van der Waals surface area contributed by atoms with E-state index in [0.717, 1.165) is 0 Å². The van der Waals surface area contributed by atoms with Gasteiger partial charge in [-0.15, -0.1) is 0 Å². The van der Waals surface area contributed by atoms with Gasteiger partial charge in [0.25, 0.3) is 5.91 Å². The Morgan fingerprint density at radius 3 is 2.43 bits per heavy atom. The molecule has 1 heterocycles. The first-order chi connectivity index (χ1) is 10.8. The van der Waals surface area contributed by atoms with Crippen molar-refractivity contribution < 1.29 is 27.5 Å². The minimum absolute atomic E-state index is 0.0173. The van der Waals surface area contributed by atoms with Crippen LogP contribution in [-0.2, 0) is 19.4 Å². The summed E-state index contributed by atoms with van der Waals surface area (Å²) in [5.74, 6) is -0.302. The lowest BCUT2D eigenvalue weighted by Crippen LogP contribution is -2.35. The molecule has 0 spiro atoms. The number of carbonyl (C=O) groups excluding carboxylic acids is 2. The number of sulfone groups is 1. The van der Waals surface area contributed by atoms with E-state index in [1.54, 1.807) is 31.2 Å². The molecule has 23 heavy (non-hydrogen) atoms. The zero-order valence-corrected chi connectivity index (χ0v) is 13.8. The van der Waals surface area contributed by atoms with Crippen LogP contribution in [0.5, 0.6) is 5.75 Å². The number of nitrogens with one attached hydrogen (secondary N) is 1. The molecule has 0 bridgehead atoms. The van der Waals surface area contributed by atoms with Gasteiger partial charge in [-0.2, -0.15) is 0 Å². The number of hydrogen-bond acceptors (Lipinski definition) is 6. The molecule has 2 unspecified atom stereocenters. The number of rotatable bonds is 5.